The van der Waals surface area contributed by atoms with Crippen LogP contribution in [0, 0.1) is 12.7 Å². The van der Waals surface area contributed by atoms with Crippen LogP contribution >= 0.6 is 11.6 Å². The number of rotatable bonds is 2. The standard InChI is InChI=1S/C25H21ClFN3O/c1-15-4-2-3-5-21(15)29-25(31)30-13-12-19-20-14-17(26)8-11-22(20)28-23(19)24(30)16-6-9-18(27)10-7-16/h2-11,14,24,28H,12-13H2,1H3,(H,29,31)/t24-/m1/s1. The summed E-state index contributed by atoms with van der Waals surface area (Å²) in [6, 6.07) is 19.2. The van der Waals surface area contributed by atoms with Crippen LogP contribution in [0.3, 0.4) is 0 Å². The van der Waals surface area contributed by atoms with E-state index >= 15 is 0 Å². The molecule has 1 atom stereocenters. The summed E-state index contributed by atoms with van der Waals surface area (Å²) in [5.41, 5.74) is 5.68. The Morgan fingerprint density at radius 1 is 1.13 bits per heavy atom. The van der Waals surface area contributed by atoms with E-state index in [4.69, 9.17) is 11.6 Å². The number of nitrogens with one attached hydrogen (secondary N) is 2. The predicted octanol–water partition coefficient (Wildman–Crippen LogP) is 6.45. The largest absolute Gasteiger partial charge is 0.356 e. The molecule has 0 spiro atoms. The highest BCUT2D eigenvalue weighted by molar-refractivity contribution is 6.31. The highest BCUT2D eigenvalue weighted by atomic mass is 35.5. The normalized spacial score (nSPS) is 15.7. The molecule has 2 amide bonds. The number of carbonyl (C=O) groups excluding carboxylic acids is 1. The Kier molecular flexibility index (Phi) is 4.91. The van der Waals surface area contributed by atoms with Crippen LogP contribution in [-0.4, -0.2) is 22.5 Å². The van der Waals surface area contributed by atoms with Gasteiger partial charge in [0.2, 0.25) is 0 Å². The molecule has 0 radical (unpaired) electrons. The number of H-pyrrole nitrogens is 1. The van der Waals surface area contributed by atoms with Crippen LogP contribution in [0.25, 0.3) is 10.9 Å². The SMILES string of the molecule is Cc1ccccc1NC(=O)N1CCc2c([nH]c3ccc(Cl)cc23)[C@H]1c1ccc(F)cc1. The number of carbonyl (C=O) groups is 1. The van der Waals surface area contributed by atoms with Crippen molar-refractivity contribution in [1.82, 2.24) is 9.88 Å². The van der Waals surface area contributed by atoms with Gasteiger partial charge >= 0.3 is 6.03 Å². The van der Waals surface area contributed by atoms with Gasteiger partial charge in [-0.3, -0.25) is 0 Å². The molecule has 2 N–H and O–H groups in total. The van der Waals surface area contributed by atoms with Crippen LogP contribution in [0.1, 0.15) is 28.4 Å². The fourth-order valence-corrected chi connectivity index (χ4v) is 4.54. The monoisotopic (exact) mass is 433 g/mol. The van der Waals surface area contributed by atoms with E-state index in [1.165, 1.54) is 12.1 Å². The quantitative estimate of drug-likeness (QED) is 0.375. The van der Waals surface area contributed by atoms with Crippen molar-refractivity contribution in [2.75, 3.05) is 11.9 Å². The highest BCUT2D eigenvalue weighted by Gasteiger charge is 2.34. The lowest BCUT2D eigenvalue weighted by molar-refractivity contribution is 0.193. The van der Waals surface area contributed by atoms with Crippen molar-refractivity contribution in [3.05, 3.63) is 100.0 Å². The minimum atomic E-state index is -0.362. The average Bonchev–Trinajstić information content (AvgIpc) is 3.13. The van der Waals surface area contributed by atoms with Gasteiger partial charge in [-0.1, -0.05) is 41.9 Å². The van der Waals surface area contributed by atoms with Crippen LogP contribution in [0.5, 0.6) is 0 Å². The number of aryl methyl sites for hydroxylation is 1. The molecule has 156 valence electrons. The van der Waals surface area contributed by atoms with Crippen molar-refractivity contribution < 1.29 is 9.18 Å². The van der Waals surface area contributed by atoms with Gasteiger partial charge in [-0.05, 0) is 66.4 Å². The van der Waals surface area contributed by atoms with Gasteiger partial charge in [0.25, 0.3) is 0 Å². The summed E-state index contributed by atoms with van der Waals surface area (Å²) in [6.07, 6.45) is 0.703. The molecule has 1 aliphatic heterocycles. The van der Waals surface area contributed by atoms with E-state index in [-0.39, 0.29) is 17.9 Å². The molecule has 2 heterocycles. The Balaban J connectivity index is 1.60. The van der Waals surface area contributed by atoms with Crippen LogP contribution in [0.2, 0.25) is 5.02 Å². The zero-order chi connectivity index (χ0) is 21.5. The number of benzene rings is 3. The summed E-state index contributed by atoms with van der Waals surface area (Å²) in [4.78, 5) is 18.7. The van der Waals surface area contributed by atoms with Crippen molar-refractivity contribution in [3.8, 4) is 0 Å². The molecule has 0 bridgehead atoms. The maximum Gasteiger partial charge on any atom is 0.322 e. The summed E-state index contributed by atoms with van der Waals surface area (Å²) < 4.78 is 13.6. The van der Waals surface area contributed by atoms with Gasteiger partial charge < -0.3 is 15.2 Å². The number of aromatic nitrogens is 1. The van der Waals surface area contributed by atoms with E-state index < -0.39 is 0 Å². The molecule has 3 aromatic carbocycles. The molecule has 0 saturated carbocycles. The molecule has 0 unspecified atom stereocenters. The van der Waals surface area contributed by atoms with Crippen molar-refractivity contribution in [1.29, 1.82) is 0 Å². The summed E-state index contributed by atoms with van der Waals surface area (Å²) >= 11 is 6.24. The maximum absolute atomic E-state index is 13.6. The third-order valence-corrected chi connectivity index (χ3v) is 6.16. The number of nitrogens with zero attached hydrogens (tertiary/aromatic N) is 1. The van der Waals surface area contributed by atoms with Gasteiger partial charge in [0, 0.05) is 33.9 Å². The first-order valence-corrected chi connectivity index (χ1v) is 10.6. The molecule has 5 rings (SSSR count). The summed E-state index contributed by atoms with van der Waals surface area (Å²) in [5.74, 6) is -0.306. The molecule has 0 aliphatic carbocycles. The fraction of sp³-hybridized carbons (Fsp3) is 0.160. The van der Waals surface area contributed by atoms with E-state index in [1.807, 2.05) is 49.4 Å². The Hall–Kier alpha value is -3.31. The second kappa shape index (κ2) is 7.75. The maximum atomic E-state index is 13.6. The molecule has 6 heteroatoms. The number of para-hydroxylation sites is 1. The molecular formula is C25H21ClFN3O. The average molecular weight is 434 g/mol. The van der Waals surface area contributed by atoms with E-state index in [2.05, 4.69) is 10.3 Å². The van der Waals surface area contributed by atoms with Crippen LogP contribution in [0.4, 0.5) is 14.9 Å². The number of amides is 2. The molecule has 0 saturated heterocycles. The Morgan fingerprint density at radius 2 is 1.90 bits per heavy atom. The van der Waals surface area contributed by atoms with Crippen LogP contribution in [-0.2, 0) is 6.42 Å². The number of hydrogen-bond acceptors (Lipinski definition) is 1. The number of anilines is 1. The lowest BCUT2D eigenvalue weighted by Gasteiger charge is -2.36. The first-order valence-electron chi connectivity index (χ1n) is 10.2. The lowest BCUT2D eigenvalue weighted by Crippen LogP contribution is -2.43. The van der Waals surface area contributed by atoms with Crippen LogP contribution in [0.15, 0.2) is 66.7 Å². The number of hydrogen-bond donors (Lipinski definition) is 2. The van der Waals surface area contributed by atoms with Crippen molar-refractivity contribution >= 4 is 34.2 Å². The summed E-state index contributed by atoms with van der Waals surface area (Å²) in [6.45, 7) is 2.50. The molecule has 4 aromatic rings. The van der Waals surface area contributed by atoms with Gasteiger partial charge in [0.1, 0.15) is 5.82 Å². The van der Waals surface area contributed by atoms with E-state index in [0.29, 0.717) is 18.0 Å². The minimum absolute atomic E-state index is 0.189. The third kappa shape index (κ3) is 3.55. The van der Waals surface area contributed by atoms with E-state index in [9.17, 15) is 9.18 Å². The second-order valence-electron chi connectivity index (χ2n) is 7.85. The molecule has 1 aromatic heterocycles. The second-order valence-corrected chi connectivity index (χ2v) is 8.29. The number of urea groups is 1. The Morgan fingerprint density at radius 3 is 2.68 bits per heavy atom. The molecule has 1 aliphatic rings. The van der Waals surface area contributed by atoms with Crippen LogP contribution < -0.4 is 5.32 Å². The van der Waals surface area contributed by atoms with Crippen molar-refractivity contribution in [3.63, 3.8) is 0 Å². The molecule has 0 fully saturated rings. The van der Waals surface area contributed by atoms with E-state index in [0.717, 1.165) is 39.0 Å². The molecular weight excluding hydrogens is 413 g/mol. The first-order chi connectivity index (χ1) is 15.0. The zero-order valence-corrected chi connectivity index (χ0v) is 17.7. The van der Waals surface area contributed by atoms with Gasteiger partial charge in [-0.15, -0.1) is 0 Å². The zero-order valence-electron chi connectivity index (χ0n) is 17.0. The predicted molar refractivity (Wildman–Crippen MR) is 122 cm³/mol. The topological polar surface area (TPSA) is 48.1 Å². The number of fused-ring (bicyclic) bond motifs is 3. The Labute approximate surface area is 184 Å². The summed E-state index contributed by atoms with van der Waals surface area (Å²) in [5, 5.41) is 4.78. The molecule has 4 nitrogen and oxygen atoms in total. The van der Waals surface area contributed by atoms with Crippen molar-refractivity contribution in [2.45, 2.75) is 19.4 Å². The Bertz CT molecular complexity index is 1280. The molecule has 31 heavy (non-hydrogen) atoms. The number of aromatic amines is 1. The number of halogens is 2. The highest BCUT2D eigenvalue weighted by Crippen LogP contribution is 2.39. The third-order valence-electron chi connectivity index (χ3n) is 5.92. The first kappa shape index (κ1) is 19.6. The lowest BCUT2D eigenvalue weighted by atomic mass is 9.92. The fourth-order valence-electron chi connectivity index (χ4n) is 4.37. The smallest absolute Gasteiger partial charge is 0.322 e. The van der Waals surface area contributed by atoms with Crippen molar-refractivity contribution in [2.24, 2.45) is 0 Å². The van der Waals surface area contributed by atoms with Gasteiger partial charge in [0.15, 0.2) is 0 Å². The minimum Gasteiger partial charge on any atom is -0.356 e. The van der Waals surface area contributed by atoms with Gasteiger partial charge in [-0.2, -0.15) is 0 Å². The van der Waals surface area contributed by atoms with Gasteiger partial charge in [-0.25, -0.2) is 9.18 Å². The summed E-state index contributed by atoms with van der Waals surface area (Å²) in [7, 11) is 0. The van der Waals surface area contributed by atoms with E-state index in [1.54, 1.807) is 17.0 Å². The van der Waals surface area contributed by atoms with Gasteiger partial charge in [0.05, 0.1) is 6.04 Å².